The largest absolute Gasteiger partial charge is 0.378 e. The van der Waals surface area contributed by atoms with Crippen LogP contribution in [0.15, 0.2) is 97.1 Å². The van der Waals surface area contributed by atoms with Crippen molar-refractivity contribution in [2.24, 2.45) is 0 Å². The molecule has 2 saturated heterocycles. The van der Waals surface area contributed by atoms with Gasteiger partial charge >= 0.3 is 0 Å². The molecule has 4 aliphatic rings. The summed E-state index contributed by atoms with van der Waals surface area (Å²) in [5, 5.41) is 0. The topological polar surface area (TPSA) is 140 Å². The number of carbonyl (C=O) groups excluding carboxylic acids is 6. The third-order valence-electron chi connectivity index (χ3n) is 12.9. The fourth-order valence-electron chi connectivity index (χ4n) is 9.39. The van der Waals surface area contributed by atoms with Crippen LogP contribution in [0.25, 0.3) is 0 Å². The molecule has 0 radical (unpaired) electrons. The van der Waals surface area contributed by atoms with Crippen LogP contribution in [-0.2, 0) is 19.1 Å². The summed E-state index contributed by atoms with van der Waals surface area (Å²) in [5.74, 6) is -2.29. The SMILES string of the molecule is CCC(=O)N(c1ccccc1F)C1CCN(CCN2C(=O)c3ccccc3C2=O)CC1OC.CCC(=O)N(c1ccccc1F)C1CCN(CCN2C(=O)c3ccccc3C2=O)CC1OC. The molecule has 348 valence electrons. The summed E-state index contributed by atoms with van der Waals surface area (Å²) in [5.41, 5.74) is 2.28. The molecular formula is C50H56F2N6O8. The van der Waals surface area contributed by atoms with E-state index in [1.165, 1.54) is 31.7 Å². The highest BCUT2D eigenvalue weighted by Gasteiger charge is 2.41. The Morgan fingerprint density at radius 1 is 0.530 bits per heavy atom. The van der Waals surface area contributed by atoms with Crippen molar-refractivity contribution in [2.45, 2.75) is 63.8 Å². The van der Waals surface area contributed by atoms with Gasteiger partial charge in [0.2, 0.25) is 11.8 Å². The van der Waals surface area contributed by atoms with Crippen LogP contribution in [0.3, 0.4) is 0 Å². The van der Waals surface area contributed by atoms with E-state index in [9.17, 15) is 37.5 Å². The van der Waals surface area contributed by atoms with Crippen molar-refractivity contribution in [2.75, 3.05) is 76.4 Å². The van der Waals surface area contributed by atoms with Gasteiger partial charge in [-0.25, -0.2) is 8.78 Å². The summed E-state index contributed by atoms with van der Waals surface area (Å²) in [4.78, 5) is 85.9. The van der Waals surface area contributed by atoms with E-state index < -0.39 is 11.6 Å². The molecule has 4 heterocycles. The first-order chi connectivity index (χ1) is 31.9. The van der Waals surface area contributed by atoms with Crippen LogP contribution in [0.5, 0.6) is 0 Å². The van der Waals surface area contributed by atoms with Gasteiger partial charge in [-0.3, -0.25) is 48.4 Å². The number of hydrogen-bond donors (Lipinski definition) is 0. The van der Waals surface area contributed by atoms with Gasteiger partial charge in [0.25, 0.3) is 23.6 Å². The number of rotatable bonds is 14. The fraction of sp³-hybridized carbons (Fsp3) is 0.400. The minimum Gasteiger partial charge on any atom is -0.378 e. The maximum Gasteiger partial charge on any atom is 0.261 e. The number of anilines is 2. The van der Waals surface area contributed by atoms with Gasteiger partial charge in [0.05, 0.1) is 57.9 Å². The predicted molar refractivity (Wildman–Crippen MR) is 243 cm³/mol. The monoisotopic (exact) mass is 906 g/mol. The molecule has 4 aromatic rings. The minimum absolute atomic E-state index is 0.161. The van der Waals surface area contributed by atoms with Gasteiger partial charge in [-0.15, -0.1) is 0 Å². The van der Waals surface area contributed by atoms with Crippen molar-refractivity contribution in [3.63, 3.8) is 0 Å². The van der Waals surface area contributed by atoms with Crippen LogP contribution < -0.4 is 9.80 Å². The number of likely N-dealkylation sites (tertiary alicyclic amines) is 2. The molecular weight excluding hydrogens is 851 g/mol. The molecule has 0 saturated carbocycles. The first kappa shape index (κ1) is 47.8. The second-order valence-corrected chi connectivity index (χ2v) is 16.6. The van der Waals surface area contributed by atoms with Crippen LogP contribution in [0.4, 0.5) is 20.2 Å². The van der Waals surface area contributed by atoms with E-state index in [1.54, 1.807) is 113 Å². The zero-order valence-electron chi connectivity index (χ0n) is 37.7. The zero-order chi connectivity index (χ0) is 47.1. The first-order valence-corrected chi connectivity index (χ1v) is 22.5. The number of halogens is 2. The van der Waals surface area contributed by atoms with Crippen molar-refractivity contribution in [3.05, 3.63) is 131 Å². The van der Waals surface area contributed by atoms with Crippen molar-refractivity contribution in [1.82, 2.24) is 19.6 Å². The highest BCUT2D eigenvalue weighted by atomic mass is 19.1. The van der Waals surface area contributed by atoms with Crippen LogP contribution in [0.2, 0.25) is 0 Å². The Balaban J connectivity index is 0.000000196. The molecule has 16 heteroatoms. The molecule has 14 nitrogen and oxygen atoms in total. The maximum atomic E-state index is 14.6. The smallest absolute Gasteiger partial charge is 0.261 e. The van der Waals surface area contributed by atoms with Crippen molar-refractivity contribution in [1.29, 1.82) is 0 Å². The van der Waals surface area contributed by atoms with Gasteiger partial charge in [-0.2, -0.15) is 0 Å². The van der Waals surface area contributed by atoms with E-state index in [-0.39, 0.29) is 97.0 Å². The Bertz CT molecular complexity index is 2220. The Morgan fingerprint density at radius 3 is 1.15 bits per heavy atom. The molecule has 2 fully saturated rings. The van der Waals surface area contributed by atoms with E-state index in [0.717, 1.165) is 0 Å². The highest BCUT2D eigenvalue weighted by Crippen LogP contribution is 2.31. The number of methoxy groups -OCH3 is 2. The summed E-state index contributed by atoms with van der Waals surface area (Å²) in [7, 11) is 3.17. The summed E-state index contributed by atoms with van der Waals surface area (Å²) >= 11 is 0. The number of ether oxygens (including phenoxy) is 2. The number of amides is 6. The Labute approximate surface area is 383 Å². The molecule has 66 heavy (non-hydrogen) atoms. The van der Waals surface area contributed by atoms with Crippen LogP contribution in [0, 0.1) is 11.6 Å². The quantitative estimate of drug-likeness (QED) is 0.141. The molecule has 8 rings (SSSR count). The molecule has 0 N–H and O–H groups in total. The lowest BCUT2D eigenvalue weighted by atomic mass is 9.98. The van der Waals surface area contributed by atoms with Gasteiger partial charge < -0.3 is 19.3 Å². The number of fused-ring (bicyclic) bond motifs is 2. The minimum atomic E-state index is -0.442. The highest BCUT2D eigenvalue weighted by molar-refractivity contribution is 6.22. The van der Waals surface area contributed by atoms with Gasteiger partial charge in [-0.05, 0) is 61.4 Å². The van der Waals surface area contributed by atoms with Crippen molar-refractivity contribution < 1.29 is 47.0 Å². The number of piperidine rings is 2. The molecule has 0 aliphatic carbocycles. The number of nitrogens with zero attached hydrogens (tertiary/aromatic N) is 6. The Hall–Kier alpha value is -6.20. The van der Waals surface area contributed by atoms with Crippen molar-refractivity contribution in [3.8, 4) is 0 Å². The van der Waals surface area contributed by atoms with E-state index in [0.29, 0.717) is 74.4 Å². The van der Waals surface area contributed by atoms with E-state index in [1.807, 2.05) is 0 Å². The molecule has 6 amide bonds. The van der Waals surface area contributed by atoms with Gasteiger partial charge in [-0.1, -0.05) is 62.4 Å². The summed E-state index contributed by atoms with van der Waals surface area (Å²) < 4.78 is 40.6. The number of para-hydroxylation sites is 2. The van der Waals surface area contributed by atoms with E-state index >= 15 is 0 Å². The molecule has 0 aromatic heterocycles. The molecule has 4 unspecified atom stereocenters. The third-order valence-corrected chi connectivity index (χ3v) is 12.9. The number of benzene rings is 4. The average molecular weight is 907 g/mol. The lowest BCUT2D eigenvalue weighted by Crippen LogP contribution is -2.57. The fourth-order valence-corrected chi connectivity index (χ4v) is 9.39. The van der Waals surface area contributed by atoms with Crippen LogP contribution >= 0.6 is 0 Å². The number of carbonyl (C=O) groups is 6. The predicted octanol–water partition coefficient (Wildman–Crippen LogP) is 5.91. The molecule has 4 aromatic carbocycles. The van der Waals surface area contributed by atoms with Gasteiger partial charge in [0, 0.05) is 79.4 Å². The van der Waals surface area contributed by atoms with E-state index in [2.05, 4.69) is 9.80 Å². The third kappa shape index (κ3) is 9.82. The Morgan fingerprint density at radius 2 is 0.848 bits per heavy atom. The van der Waals surface area contributed by atoms with Crippen LogP contribution in [-0.4, -0.2) is 146 Å². The number of imide groups is 2. The second-order valence-electron chi connectivity index (χ2n) is 16.6. The van der Waals surface area contributed by atoms with Crippen molar-refractivity contribution >= 4 is 46.8 Å². The molecule has 0 spiro atoms. The molecule has 4 atom stereocenters. The summed E-state index contributed by atoms with van der Waals surface area (Å²) in [6, 6.07) is 25.6. The van der Waals surface area contributed by atoms with Gasteiger partial charge in [0.1, 0.15) is 11.6 Å². The molecule has 4 aliphatic heterocycles. The Kier molecular flexibility index (Phi) is 15.5. The van der Waals surface area contributed by atoms with Gasteiger partial charge in [0.15, 0.2) is 0 Å². The standard InChI is InChI=1S/2C25H28FN3O4/c2*1-3-23(30)29(20-11-7-6-10-19(20)26)21-12-13-27(16-22(21)33-2)14-15-28-24(31)17-8-4-5-9-18(17)25(28)32/h2*4-11,21-22H,3,12-16H2,1-2H3. The van der Waals surface area contributed by atoms with Crippen LogP contribution in [0.1, 0.15) is 81.0 Å². The number of hydrogen-bond acceptors (Lipinski definition) is 10. The first-order valence-electron chi connectivity index (χ1n) is 22.5. The lowest BCUT2D eigenvalue weighted by molar-refractivity contribution is -0.120. The maximum absolute atomic E-state index is 14.6. The second kappa shape index (κ2) is 21.4. The lowest BCUT2D eigenvalue weighted by Gasteiger charge is -2.43. The normalized spacial score (nSPS) is 20.8. The molecule has 0 bridgehead atoms. The zero-order valence-corrected chi connectivity index (χ0v) is 37.7. The average Bonchev–Trinajstić information content (AvgIpc) is 3.74. The summed E-state index contributed by atoms with van der Waals surface area (Å²) in [6.07, 6.45) is 1.00. The van der Waals surface area contributed by atoms with E-state index in [4.69, 9.17) is 9.47 Å². The summed E-state index contributed by atoms with van der Waals surface area (Å²) in [6.45, 7) is 7.35.